The van der Waals surface area contributed by atoms with Crippen molar-refractivity contribution in [2.24, 2.45) is 11.7 Å². The number of hydrogen-bond donors (Lipinski definition) is 1. The smallest absolute Gasteiger partial charge is 0.328 e. The number of ether oxygens (including phenoxy) is 1. The van der Waals surface area contributed by atoms with Crippen LogP contribution in [0.2, 0.25) is 0 Å². The summed E-state index contributed by atoms with van der Waals surface area (Å²) in [5, 5.41) is 0. The van der Waals surface area contributed by atoms with Gasteiger partial charge in [0, 0.05) is 0 Å². The fourth-order valence-corrected chi connectivity index (χ4v) is 1.82. The van der Waals surface area contributed by atoms with Gasteiger partial charge in [-0.15, -0.1) is 0 Å². The predicted octanol–water partition coefficient (Wildman–Crippen LogP) is 3.26. The third kappa shape index (κ3) is 5.03. The molecule has 3 heteroatoms. The second-order valence-electron chi connectivity index (χ2n) is 6.43. The second-order valence-corrected chi connectivity index (χ2v) is 6.43. The van der Waals surface area contributed by atoms with Gasteiger partial charge in [0.25, 0.3) is 0 Å². The minimum atomic E-state index is -0.557. The highest BCUT2D eigenvalue weighted by Gasteiger charge is 2.19. The summed E-state index contributed by atoms with van der Waals surface area (Å²) >= 11 is 0. The Morgan fingerprint density at radius 3 is 2.47 bits per heavy atom. The fraction of sp³-hybridized carbons (Fsp3) is 0.562. The first kappa shape index (κ1) is 15.7. The number of rotatable bonds is 4. The molecule has 0 aliphatic heterocycles. The van der Waals surface area contributed by atoms with E-state index in [1.165, 1.54) is 0 Å². The normalized spacial score (nSPS) is 13.4. The van der Waals surface area contributed by atoms with Crippen LogP contribution in [0.1, 0.15) is 46.6 Å². The minimum Gasteiger partial charge on any atom is -0.425 e. The Morgan fingerprint density at radius 1 is 1.32 bits per heavy atom. The zero-order valence-electron chi connectivity index (χ0n) is 12.6. The van der Waals surface area contributed by atoms with Crippen molar-refractivity contribution in [2.75, 3.05) is 0 Å². The van der Waals surface area contributed by atoms with Crippen LogP contribution < -0.4 is 10.5 Å². The summed E-state index contributed by atoms with van der Waals surface area (Å²) in [6.45, 7) is 10.4. The molecular formula is C16H25NO2. The first-order chi connectivity index (χ1) is 8.70. The van der Waals surface area contributed by atoms with Gasteiger partial charge < -0.3 is 10.5 Å². The Kier molecular flexibility index (Phi) is 5.12. The quantitative estimate of drug-likeness (QED) is 0.670. The maximum Gasteiger partial charge on any atom is 0.328 e. The van der Waals surface area contributed by atoms with E-state index in [4.69, 9.17) is 10.5 Å². The topological polar surface area (TPSA) is 52.3 Å². The van der Waals surface area contributed by atoms with Gasteiger partial charge in [0.1, 0.15) is 11.8 Å². The zero-order valence-corrected chi connectivity index (χ0v) is 12.6. The Morgan fingerprint density at radius 2 is 1.95 bits per heavy atom. The van der Waals surface area contributed by atoms with Crippen LogP contribution in [-0.2, 0) is 10.2 Å². The van der Waals surface area contributed by atoms with Crippen LogP contribution >= 0.6 is 0 Å². The molecule has 0 aromatic heterocycles. The van der Waals surface area contributed by atoms with Crippen LogP contribution in [-0.4, -0.2) is 12.0 Å². The highest BCUT2D eigenvalue weighted by atomic mass is 16.5. The molecule has 0 aliphatic carbocycles. The number of hydrogen-bond acceptors (Lipinski definition) is 3. The van der Waals surface area contributed by atoms with E-state index < -0.39 is 6.04 Å². The average molecular weight is 263 g/mol. The van der Waals surface area contributed by atoms with E-state index in [1.54, 1.807) is 6.07 Å². The van der Waals surface area contributed by atoms with Crippen molar-refractivity contribution >= 4 is 5.97 Å². The summed E-state index contributed by atoms with van der Waals surface area (Å²) < 4.78 is 5.35. The molecule has 0 amide bonds. The summed E-state index contributed by atoms with van der Waals surface area (Å²) in [5.74, 6) is 0.583. The van der Waals surface area contributed by atoms with Crippen molar-refractivity contribution in [3.8, 4) is 5.75 Å². The first-order valence-corrected chi connectivity index (χ1v) is 6.78. The summed E-state index contributed by atoms with van der Waals surface area (Å²) in [7, 11) is 0. The monoisotopic (exact) mass is 263 g/mol. The van der Waals surface area contributed by atoms with E-state index in [-0.39, 0.29) is 11.4 Å². The molecule has 1 aromatic carbocycles. The number of carbonyl (C=O) groups is 1. The third-order valence-electron chi connectivity index (χ3n) is 2.95. The van der Waals surface area contributed by atoms with Crippen molar-refractivity contribution in [3.63, 3.8) is 0 Å². The van der Waals surface area contributed by atoms with Gasteiger partial charge in [-0.3, -0.25) is 0 Å². The van der Waals surface area contributed by atoms with E-state index >= 15 is 0 Å². The van der Waals surface area contributed by atoms with E-state index in [9.17, 15) is 4.79 Å². The van der Waals surface area contributed by atoms with Crippen LogP contribution in [0.3, 0.4) is 0 Å². The summed E-state index contributed by atoms with van der Waals surface area (Å²) in [5.41, 5.74) is 6.98. The molecule has 0 bridgehead atoms. The molecule has 0 spiro atoms. The average Bonchev–Trinajstić information content (AvgIpc) is 2.27. The van der Waals surface area contributed by atoms with Crippen LogP contribution in [0, 0.1) is 5.92 Å². The Hall–Kier alpha value is -1.35. The number of esters is 1. The Bertz CT molecular complexity index is 433. The Labute approximate surface area is 116 Å². The number of nitrogens with two attached hydrogens (primary N) is 1. The maximum absolute atomic E-state index is 11.9. The molecule has 19 heavy (non-hydrogen) atoms. The molecule has 0 saturated carbocycles. The van der Waals surface area contributed by atoms with Gasteiger partial charge in [-0.1, -0.05) is 46.8 Å². The second kappa shape index (κ2) is 6.20. The van der Waals surface area contributed by atoms with Gasteiger partial charge in [-0.05, 0) is 35.4 Å². The zero-order chi connectivity index (χ0) is 14.6. The van der Waals surface area contributed by atoms with E-state index in [0.29, 0.717) is 18.1 Å². The van der Waals surface area contributed by atoms with Crippen molar-refractivity contribution in [1.29, 1.82) is 0 Å². The molecule has 0 radical (unpaired) electrons. The molecule has 0 saturated heterocycles. The van der Waals surface area contributed by atoms with Gasteiger partial charge in [-0.2, -0.15) is 0 Å². The summed E-state index contributed by atoms with van der Waals surface area (Å²) in [6.07, 6.45) is 0.637. The lowest BCUT2D eigenvalue weighted by Gasteiger charge is -2.20. The summed E-state index contributed by atoms with van der Waals surface area (Å²) in [6, 6.07) is 7.07. The highest BCUT2D eigenvalue weighted by Crippen LogP contribution is 2.25. The van der Waals surface area contributed by atoms with E-state index in [1.807, 2.05) is 32.0 Å². The van der Waals surface area contributed by atoms with Gasteiger partial charge in [0.05, 0.1) is 0 Å². The molecule has 106 valence electrons. The molecule has 0 heterocycles. The van der Waals surface area contributed by atoms with E-state index in [0.717, 1.165) is 5.56 Å². The molecule has 1 atom stereocenters. The lowest BCUT2D eigenvalue weighted by molar-refractivity contribution is -0.136. The number of benzene rings is 1. The molecule has 2 N–H and O–H groups in total. The minimum absolute atomic E-state index is 0.0302. The molecule has 0 fully saturated rings. The van der Waals surface area contributed by atoms with Crippen LogP contribution in [0.25, 0.3) is 0 Å². The van der Waals surface area contributed by atoms with Gasteiger partial charge in [0.2, 0.25) is 0 Å². The predicted molar refractivity (Wildman–Crippen MR) is 78.2 cm³/mol. The van der Waals surface area contributed by atoms with Gasteiger partial charge in [-0.25, -0.2) is 4.79 Å². The lowest BCUT2D eigenvalue weighted by Crippen LogP contribution is -2.35. The molecule has 0 aliphatic rings. The van der Waals surface area contributed by atoms with E-state index in [2.05, 4.69) is 20.8 Å². The molecule has 1 unspecified atom stereocenters. The number of carbonyl (C=O) groups excluding carboxylic acids is 1. The standard InChI is InChI=1S/C16H25NO2/c1-11(2)9-14(17)15(18)19-13-8-6-7-12(10-13)16(3,4)5/h6-8,10-11,14H,9,17H2,1-5H3. The summed E-state index contributed by atoms with van der Waals surface area (Å²) in [4.78, 5) is 11.9. The third-order valence-corrected chi connectivity index (χ3v) is 2.95. The van der Waals surface area contributed by atoms with Crippen molar-refractivity contribution < 1.29 is 9.53 Å². The van der Waals surface area contributed by atoms with Crippen molar-refractivity contribution in [2.45, 2.75) is 52.5 Å². The van der Waals surface area contributed by atoms with Crippen LogP contribution in [0.15, 0.2) is 24.3 Å². The molecule has 3 nitrogen and oxygen atoms in total. The molecule has 1 rings (SSSR count). The van der Waals surface area contributed by atoms with Gasteiger partial charge >= 0.3 is 5.97 Å². The highest BCUT2D eigenvalue weighted by molar-refractivity contribution is 5.78. The maximum atomic E-state index is 11.9. The SMILES string of the molecule is CC(C)CC(N)C(=O)Oc1cccc(C(C)(C)C)c1. The molecular weight excluding hydrogens is 238 g/mol. The first-order valence-electron chi connectivity index (χ1n) is 6.78. The van der Waals surface area contributed by atoms with Crippen molar-refractivity contribution in [1.82, 2.24) is 0 Å². The van der Waals surface area contributed by atoms with Crippen LogP contribution in [0.4, 0.5) is 0 Å². The molecule has 1 aromatic rings. The Balaban J connectivity index is 2.75. The fourth-order valence-electron chi connectivity index (χ4n) is 1.82. The largest absolute Gasteiger partial charge is 0.425 e. The van der Waals surface area contributed by atoms with Crippen molar-refractivity contribution in [3.05, 3.63) is 29.8 Å². The van der Waals surface area contributed by atoms with Gasteiger partial charge in [0.15, 0.2) is 0 Å². The lowest BCUT2D eigenvalue weighted by atomic mass is 9.87. The van der Waals surface area contributed by atoms with Crippen LogP contribution in [0.5, 0.6) is 5.75 Å².